The zero-order valence-electron chi connectivity index (χ0n) is 13.2. The van der Waals surface area contributed by atoms with Crippen LogP contribution in [0.3, 0.4) is 0 Å². The molecule has 0 fully saturated rings. The average Bonchev–Trinajstić information content (AvgIpc) is 2.47. The molecule has 2 heteroatoms. The predicted octanol–water partition coefficient (Wildman–Crippen LogP) is 5.19. The minimum atomic E-state index is -0.0570. The van der Waals surface area contributed by atoms with Crippen LogP contribution >= 0.6 is 0 Å². The number of amides is 1. The lowest BCUT2D eigenvalue weighted by Crippen LogP contribution is -2.13. The van der Waals surface area contributed by atoms with Crippen molar-refractivity contribution in [1.82, 2.24) is 0 Å². The van der Waals surface area contributed by atoms with E-state index in [4.69, 9.17) is 0 Å². The zero-order valence-corrected chi connectivity index (χ0v) is 13.2. The van der Waals surface area contributed by atoms with Crippen molar-refractivity contribution >= 4 is 11.6 Å². The first-order valence-corrected chi connectivity index (χ1v) is 7.49. The van der Waals surface area contributed by atoms with Crippen molar-refractivity contribution in [1.29, 1.82) is 0 Å². The van der Waals surface area contributed by atoms with Crippen molar-refractivity contribution in [2.24, 2.45) is 0 Å². The molecule has 0 unspecified atom stereocenters. The average molecular weight is 281 g/mol. The summed E-state index contributed by atoms with van der Waals surface area (Å²) < 4.78 is 0. The number of carbonyl (C=O) groups is 1. The van der Waals surface area contributed by atoms with Crippen LogP contribution in [0.15, 0.2) is 48.5 Å². The lowest BCUT2D eigenvalue weighted by Gasteiger charge is -2.14. The fourth-order valence-corrected chi connectivity index (χ4v) is 2.33. The summed E-state index contributed by atoms with van der Waals surface area (Å²) in [6.45, 7) is 8.55. The van der Waals surface area contributed by atoms with E-state index in [9.17, 15) is 4.79 Å². The van der Waals surface area contributed by atoms with Gasteiger partial charge in [-0.15, -0.1) is 0 Å². The maximum atomic E-state index is 12.4. The maximum absolute atomic E-state index is 12.4. The van der Waals surface area contributed by atoms with E-state index in [0.29, 0.717) is 17.4 Å². The van der Waals surface area contributed by atoms with E-state index in [1.165, 1.54) is 5.56 Å². The number of benzene rings is 2. The topological polar surface area (TPSA) is 29.1 Å². The van der Waals surface area contributed by atoms with Crippen molar-refractivity contribution in [2.75, 3.05) is 5.32 Å². The Morgan fingerprint density at radius 1 is 0.857 bits per heavy atom. The third-order valence-electron chi connectivity index (χ3n) is 3.67. The normalized spacial score (nSPS) is 11.0. The predicted molar refractivity (Wildman–Crippen MR) is 89.0 cm³/mol. The van der Waals surface area contributed by atoms with Gasteiger partial charge in [-0.25, -0.2) is 0 Å². The number of anilines is 1. The summed E-state index contributed by atoms with van der Waals surface area (Å²) in [6, 6.07) is 15.8. The lowest BCUT2D eigenvalue weighted by molar-refractivity contribution is 0.102. The van der Waals surface area contributed by atoms with E-state index in [1.807, 2.05) is 42.5 Å². The molecule has 2 aromatic rings. The molecule has 0 atom stereocenters. The van der Waals surface area contributed by atoms with E-state index in [-0.39, 0.29) is 5.91 Å². The van der Waals surface area contributed by atoms with Crippen molar-refractivity contribution < 1.29 is 4.79 Å². The van der Waals surface area contributed by atoms with Crippen LogP contribution < -0.4 is 5.32 Å². The molecule has 0 saturated carbocycles. The molecular weight excluding hydrogens is 258 g/mol. The van der Waals surface area contributed by atoms with Gasteiger partial charge in [0.05, 0.1) is 0 Å². The van der Waals surface area contributed by atoms with Crippen LogP contribution in [0.1, 0.15) is 61.0 Å². The lowest BCUT2D eigenvalue weighted by atomic mass is 10.00. The second-order valence-corrected chi connectivity index (χ2v) is 5.97. The van der Waals surface area contributed by atoms with Crippen molar-refractivity contribution in [3.8, 4) is 0 Å². The number of nitrogens with one attached hydrogen (secondary N) is 1. The Morgan fingerprint density at radius 3 is 2.05 bits per heavy atom. The SMILES string of the molecule is CC(C)c1ccc(C(=O)Nc2ccccc2C(C)C)cc1. The first-order valence-electron chi connectivity index (χ1n) is 7.49. The van der Waals surface area contributed by atoms with Gasteiger partial charge in [0.15, 0.2) is 0 Å². The summed E-state index contributed by atoms with van der Waals surface area (Å²) in [5, 5.41) is 3.02. The molecule has 1 amide bonds. The summed E-state index contributed by atoms with van der Waals surface area (Å²) in [6.07, 6.45) is 0. The minimum Gasteiger partial charge on any atom is -0.322 e. The molecule has 0 saturated heterocycles. The maximum Gasteiger partial charge on any atom is 0.255 e. The van der Waals surface area contributed by atoms with Crippen LogP contribution in [0.2, 0.25) is 0 Å². The van der Waals surface area contributed by atoms with Crippen molar-refractivity contribution in [3.63, 3.8) is 0 Å². The number of para-hydroxylation sites is 1. The molecule has 0 heterocycles. The molecule has 110 valence electrons. The molecule has 2 nitrogen and oxygen atoms in total. The number of hydrogen-bond donors (Lipinski definition) is 1. The summed E-state index contributed by atoms with van der Waals surface area (Å²) in [5.41, 5.74) is 3.99. The highest BCUT2D eigenvalue weighted by Crippen LogP contribution is 2.24. The summed E-state index contributed by atoms with van der Waals surface area (Å²) >= 11 is 0. The Balaban J connectivity index is 2.18. The Kier molecular flexibility index (Phi) is 4.79. The molecule has 0 aliphatic rings. The summed E-state index contributed by atoms with van der Waals surface area (Å²) in [7, 11) is 0. The van der Waals surface area contributed by atoms with E-state index in [2.05, 4.69) is 39.1 Å². The molecular formula is C19H23NO. The Morgan fingerprint density at radius 2 is 1.48 bits per heavy atom. The van der Waals surface area contributed by atoms with Crippen LogP contribution in [0.4, 0.5) is 5.69 Å². The van der Waals surface area contributed by atoms with E-state index in [1.54, 1.807) is 0 Å². The molecule has 21 heavy (non-hydrogen) atoms. The largest absolute Gasteiger partial charge is 0.322 e. The Hall–Kier alpha value is -2.09. The molecule has 0 spiro atoms. The van der Waals surface area contributed by atoms with Crippen LogP contribution in [0.25, 0.3) is 0 Å². The van der Waals surface area contributed by atoms with E-state index < -0.39 is 0 Å². The zero-order chi connectivity index (χ0) is 15.4. The van der Waals surface area contributed by atoms with Gasteiger partial charge < -0.3 is 5.32 Å². The fourth-order valence-electron chi connectivity index (χ4n) is 2.33. The standard InChI is InChI=1S/C19H23NO/c1-13(2)15-9-11-16(12-10-15)19(21)20-18-8-6-5-7-17(18)14(3)4/h5-14H,1-4H3,(H,20,21). The molecule has 2 aromatic carbocycles. The first kappa shape index (κ1) is 15.3. The van der Waals surface area contributed by atoms with Gasteiger partial charge in [0.25, 0.3) is 5.91 Å². The highest BCUT2D eigenvalue weighted by atomic mass is 16.1. The number of carbonyl (C=O) groups excluding carboxylic acids is 1. The van der Waals surface area contributed by atoms with Gasteiger partial charge in [-0.05, 0) is 41.2 Å². The number of hydrogen-bond acceptors (Lipinski definition) is 1. The molecule has 0 bridgehead atoms. The Bertz CT molecular complexity index is 612. The molecule has 2 rings (SSSR count). The smallest absolute Gasteiger partial charge is 0.255 e. The van der Waals surface area contributed by atoms with Crippen molar-refractivity contribution in [3.05, 3.63) is 65.2 Å². The van der Waals surface area contributed by atoms with E-state index in [0.717, 1.165) is 11.3 Å². The van der Waals surface area contributed by atoms with Crippen LogP contribution in [0, 0.1) is 0 Å². The Labute approximate surface area is 127 Å². The molecule has 0 radical (unpaired) electrons. The molecule has 0 aliphatic heterocycles. The van der Waals surface area contributed by atoms with Gasteiger partial charge >= 0.3 is 0 Å². The van der Waals surface area contributed by atoms with Crippen LogP contribution in [-0.4, -0.2) is 5.91 Å². The second-order valence-electron chi connectivity index (χ2n) is 5.97. The van der Waals surface area contributed by atoms with Gasteiger partial charge in [-0.1, -0.05) is 58.0 Å². The quantitative estimate of drug-likeness (QED) is 0.821. The van der Waals surface area contributed by atoms with Gasteiger partial charge in [0.1, 0.15) is 0 Å². The highest BCUT2D eigenvalue weighted by Gasteiger charge is 2.11. The third kappa shape index (κ3) is 3.72. The van der Waals surface area contributed by atoms with Gasteiger partial charge in [-0.2, -0.15) is 0 Å². The van der Waals surface area contributed by atoms with E-state index >= 15 is 0 Å². The second kappa shape index (κ2) is 6.57. The summed E-state index contributed by atoms with van der Waals surface area (Å²) in [4.78, 5) is 12.4. The monoisotopic (exact) mass is 281 g/mol. The molecule has 1 N–H and O–H groups in total. The number of rotatable bonds is 4. The van der Waals surface area contributed by atoms with Crippen LogP contribution in [0.5, 0.6) is 0 Å². The van der Waals surface area contributed by atoms with Gasteiger partial charge in [0.2, 0.25) is 0 Å². The first-order chi connectivity index (χ1) is 9.99. The van der Waals surface area contributed by atoms with Crippen LogP contribution in [-0.2, 0) is 0 Å². The summed E-state index contributed by atoms with van der Waals surface area (Å²) in [5.74, 6) is 0.798. The molecule has 0 aromatic heterocycles. The highest BCUT2D eigenvalue weighted by molar-refractivity contribution is 6.04. The third-order valence-corrected chi connectivity index (χ3v) is 3.67. The van der Waals surface area contributed by atoms with Crippen molar-refractivity contribution in [2.45, 2.75) is 39.5 Å². The minimum absolute atomic E-state index is 0.0570. The molecule has 0 aliphatic carbocycles. The van der Waals surface area contributed by atoms with Gasteiger partial charge in [0, 0.05) is 11.3 Å². The van der Waals surface area contributed by atoms with Gasteiger partial charge in [-0.3, -0.25) is 4.79 Å². The fraction of sp³-hybridized carbons (Fsp3) is 0.316.